The Bertz CT molecular complexity index is 495. The van der Waals surface area contributed by atoms with Crippen LogP contribution in [0.1, 0.15) is 57.4 Å². The topological polar surface area (TPSA) is 42.0 Å². The van der Waals surface area contributed by atoms with E-state index in [0.29, 0.717) is 10.8 Å². The van der Waals surface area contributed by atoms with Crippen LogP contribution in [0.4, 0.5) is 0 Å². The van der Waals surface area contributed by atoms with Crippen molar-refractivity contribution in [1.29, 1.82) is 0 Å². The highest BCUT2D eigenvalue weighted by atomic mass is 35.5. The third-order valence-corrected chi connectivity index (χ3v) is 4.05. The van der Waals surface area contributed by atoms with Gasteiger partial charge < -0.3 is 5.32 Å². The van der Waals surface area contributed by atoms with E-state index in [2.05, 4.69) is 38.0 Å². The van der Waals surface area contributed by atoms with Crippen LogP contribution in [-0.4, -0.2) is 16.9 Å². The summed E-state index contributed by atoms with van der Waals surface area (Å²) in [7, 11) is 0. The normalized spacial score (nSPS) is 21.4. The molecule has 0 radical (unpaired) electrons. The van der Waals surface area contributed by atoms with Crippen LogP contribution in [0, 0.1) is 10.8 Å². The lowest BCUT2D eigenvalue weighted by molar-refractivity contribution is 0.0710. The summed E-state index contributed by atoms with van der Waals surface area (Å²) in [6, 6.07) is 5.31. The molecule has 110 valence electrons. The number of nitrogens with zero attached hydrogens (tertiary/aromatic N) is 1. The van der Waals surface area contributed by atoms with Crippen LogP contribution in [0.15, 0.2) is 18.2 Å². The molecule has 1 N–H and O–H groups in total. The molecule has 1 aliphatic carbocycles. The number of halogens is 1. The number of amides is 1. The summed E-state index contributed by atoms with van der Waals surface area (Å²) in [5, 5.41) is 3.46. The molecule has 20 heavy (non-hydrogen) atoms. The van der Waals surface area contributed by atoms with E-state index in [1.807, 2.05) is 0 Å². The van der Waals surface area contributed by atoms with Crippen molar-refractivity contribution in [3.05, 3.63) is 29.0 Å². The molecule has 4 heteroatoms. The first-order chi connectivity index (χ1) is 9.17. The molecule has 0 unspecified atom stereocenters. The maximum atomic E-state index is 12.3. The smallest absolute Gasteiger partial charge is 0.270 e. The lowest BCUT2D eigenvalue weighted by Gasteiger charge is -2.45. The third kappa shape index (κ3) is 3.95. The second-order valence-corrected chi connectivity index (χ2v) is 7.82. The molecule has 1 amide bonds. The van der Waals surface area contributed by atoms with Crippen LogP contribution in [-0.2, 0) is 0 Å². The summed E-state index contributed by atoms with van der Waals surface area (Å²) in [6.07, 6.45) is 3.19. The van der Waals surface area contributed by atoms with Gasteiger partial charge in [-0.05, 0) is 42.2 Å². The van der Waals surface area contributed by atoms with Gasteiger partial charge in [0.05, 0.1) is 0 Å². The van der Waals surface area contributed by atoms with Crippen LogP contribution in [0.3, 0.4) is 0 Å². The van der Waals surface area contributed by atoms with Gasteiger partial charge >= 0.3 is 0 Å². The van der Waals surface area contributed by atoms with Gasteiger partial charge in [0.1, 0.15) is 10.8 Å². The first-order valence-corrected chi connectivity index (χ1v) is 7.48. The van der Waals surface area contributed by atoms with Crippen molar-refractivity contribution in [2.45, 2.75) is 53.0 Å². The Hall–Kier alpha value is -1.09. The molecule has 2 rings (SSSR count). The molecule has 0 saturated heterocycles. The van der Waals surface area contributed by atoms with Gasteiger partial charge in [-0.15, -0.1) is 0 Å². The van der Waals surface area contributed by atoms with Crippen LogP contribution in [0.2, 0.25) is 5.15 Å². The Labute approximate surface area is 126 Å². The van der Waals surface area contributed by atoms with Gasteiger partial charge in [-0.3, -0.25) is 4.79 Å². The Morgan fingerprint density at radius 3 is 2.40 bits per heavy atom. The molecule has 1 saturated carbocycles. The van der Waals surface area contributed by atoms with Gasteiger partial charge in [0.15, 0.2) is 0 Å². The molecule has 0 aliphatic heterocycles. The second-order valence-electron chi connectivity index (χ2n) is 7.43. The molecule has 0 aromatic carbocycles. The summed E-state index contributed by atoms with van der Waals surface area (Å²) in [4.78, 5) is 16.3. The largest absolute Gasteiger partial charge is 0.348 e. The number of rotatable bonds is 2. The van der Waals surface area contributed by atoms with Crippen molar-refractivity contribution in [3.63, 3.8) is 0 Å². The number of nitrogens with one attached hydrogen (secondary N) is 1. The third-order valence-electron chi connectivity index (χ3n) is 3.84. The van der Waals surface area contributed by atoms with E-state index in [0.717, 1.165) is 12.8 Å². The van der Waals surface area contributed by atoms with Crippen LogP contribution >= 0.6 is 11.6 Å². The highest BCUT2D eigenvalue weighted by Gasteiger charge is 2.39. The first kappa shape index (κ1) is 15.3. The van der Waals surface area contributed by atoms with Crippen LogP contribution < -0.4 is 5.32 Å². The number of hydrogen-bond acceptors (Lipinski definition) is 2. The van der Waals surface area contributed by atoms with Gasteiger partial charge in [-0.2, -0.15) is 0 Å². The van der Waals surface area contributed by atoms with Gasteiger partial charge in [-0.1, -0.05) is 45.4 Å². The van der Waals surface area contributed by atoms with Crippen LogP contribution in [0.5, 0.6) is 0 Å². The zero-order valence-electron chi connectivity index (χ0n) is 12.7. The van der Waals surface area contributed by atoms with E-state index in [1.165, 1.54) is 6.42 Å². The monoisotopic (exact) mass is 294 g/mol. The fourth-order valence-electron chi connectivity index (χ4n) is 3.74. The molecule has 0 atom stereocenters. The highest BCUT2D eigenvalue weighted by Crippen LogP contribution is 2.45. The maximum Gasteiger partial charge on any atom is 0.270 e. The fourth-order valence-corrected chi connectivity index (χ4v) is 3.91. The Morgan fingerprint density at radius 2 is 1.85 bits per heavy atom. The minimum Gasteiger partial charge on any atom is -0.348 e. The lowest BCUT2D eigenvalue weighted by atomic mass is 9.63. The Morgan fingerprint density at radius 1 is 1.25 bits per heavy atom. The fraction of sp³-hybridized carbons (Fsp3) is 0.625. The molecule has 1 aliphatic rings. The van der Waals surface area contributed by atoms with Gasteiger partial charge in [0.2, 0.25) is 0 Å². The average molecular weight is 295 g/mol. The van der Waals surface area contributed by atoms with E-state index in [9.17, 15) is 4.79 Å². The minimum atomic E-state index is -0.133. The molecule has 1 aromatic rings. The van der Waals surface area contributed by atoms with Gasteiger partial charge in [0, 0.05) is 6.04 Å². The van der Waals surface area contributed by atoms with E-state index in [1.54, 1.807) is 18.2 Å². The van der Waals surface area contributed by atoms with Crippen molar-refractivity contribution < 1.29 is 4.79 Å². The van der Waals surface area contributed by atoms with Crippen molar-refractivity contribution in [2.24, 2.45) is 10.8 Å². The van der Waals surface area contributed by atoms with Crippen LogP contribution in [0.25, 0.3) is 0 Å². The molecular weight excluding hydrogens is 272 g/mol. The standard InChI is InChI=1S/C16H23ClN2O/c1-15(2)8-11(9-16(3,4)10-15)18-14(20)12-6-5-7-13(17)19-12/h5-7,11H,8-10H2,1-4H3,(H,18,20). The number of pyridine rings is 1. The summed E-state index contributed by atoms with van der Waals surface area (Å²) in [5.74, 6) is -0.133. The Balaban J connectivity index is 2.08. The van der Waals surface area contributed by atoms with Gasteiger partial charge in [0.25, 0.3) is 5.91 Å². The van der Waals surface area contributed by atoms with E-state index < -0.39 is 0 Å². The zero-order valence-corrected chi connectivity index (χ0v) is 13.4. The predicted molar refractivity (Wildman–Crippen MR) is 81.9 cm³/mol. The average Bonchev–Trinajstić information content (AvgIpc) is 2.24. The zero-order chi connectivity index (χ0) is 15.0. The number of hydrogen-bond donors (Lipinski definition) is 1. The minimum absolute atomic E-state index is 0.133. The highest BCUT2D eigenvalue weighted by molar-refractivity contribution is 6.29. The lowest BCUT2D eigenvalue weighted by Crippen LogP contribution is -2.46. The molecule has 0 spiro atoms. The molecular formula is C16H23ClN2O. The second kappa shape index (κ2) is 5.36. The summed E-state index contributed by atoms with van der Waals surface area (Å²) in [5.41, 5.74) is 0.891. The van der Waals surface area contributed by atoms with Gasteiger partial charge in [-0.25, -0.2) is 4.98 Å². The summed E-state index contributed by atoms with van der Waals surface area (Å²) >= 11 is 5.83. The van der Waals surface area contributed by atoms with Crippen molar-refractivity contribution in [3.8, 4) is 0 Å². The predicted octanol–water partition coefficient (Wildman–Crippen LogP) is 4.07. The van der Waals surface area contributed by atoms with Crippen molar-refractivity contribution >= 4 is 17.5 Å². The van der Waals surface area contributed by atoms with E-state index in [4.69, 9.17) is 11.6 Å². The maximum absolute atomic E-state index is 12.3. The summed E-state index contributed by atoms with van der Waals surface area (Å²) < 4.78 is 0. The number of carbonyl (C=O) groups is 1. The molecule has 1 heterocycles. The summed E-state index contributed by atoms with van der Waals surface area (Å²) in [6.45, 7) is 9.07. The van der Waals surface area contributed by atoms with E-state index in [-0.39, 0.29) is 22.8 Å². The molecule has 3 nitrogen and oxygen atoms in total. The first-order valence-electron chi connectivity index (χ1n) is 7.10. The van der Waals surface area contributed by atoms with Crippen molar-refractivity contribution in [2.75, 3.05) is 0 Å². The molecule has 1 aromatic heterocycles. The SMILES string of the molecule is CC1(C)CC(NC(=O)c2cccc(Cl)n2)CC(C)(C)C1. The number of aromatic nitrogens is 1. The molecule has 0 bridgehead atoms. The Kier molecular flexibility index (Phi) is 4.10. The van der Waals surface area contributed by atoms with E-state index >= 15 is 0 Å². The van der Waals surface area contributed by atoms with Crippen molar-refractivity contribution in [1.82, 2.24) is 10.3 Å². The quantitative estimate of drug-likeness (QED) is 0.836. The number of carbonyl (C=O) groups excluding carboxylic acids is 1. The molecule has 1 fully saturated rings.